The molecule has 0 atom stereocenters. The number of rotatable bonds is 5. The zero-order valence-electron chi connectivity index (χ0n) is 15.5. The molecular formula is C20H14Cl2F2N4O2. The number of carbonyl (C=O) groups excluding carboxylic acids is 2. The molecule has 1 N–H and O–H groups in total. The summed E-state index contributed by atoms with van der Waals surface area (Å²) in [5.74, 6) is -2.73. The van der Waals surface area contributed by atoms with Gasteiger partial charge in [-0.25, -0.2) is 8.78 Å². The number of amides is 2. The zero-order chi connectivity index (χ0) is 21.8. The molecule has 6 nitrogen and oxygen atoms in total. The molecule has 2 amide bonds. The zero-order valence-corrected chi connectivity index (χ0v) is 17.0. The number of hydrogen-bond donors (Lipinski definition) is 1. The molecule has 1 heterocycles. The first-order valence-corrected chi connectivity index (χ1v) is 9.32. The summed E-state index contributed by atoms with van der Waals surface area (Å²) in [4.78, 5) is 25.5. The van der Waals surface area contributed by atoms with Gasteiger partial charge in [0.05, 0.1) is 24.0 Å². The van der Waals surface area contributed by atoms with Gasteiger partial charge in [0.2, 0.25) is 11.8 Å². The van der Waals surface area contributed by atoms with Crippen molar-refractivity contribution in [3.63, 3.8) is 0 Å². The Morgan fingerprint density at radius 2 is 1.70 bits per heavy atom. The van der Waals surface area contributed by atoms with Crippen LogP contribution in [-0.2, 0) is 16.0 Å². The molecule has 10 heteroatoms. The van der Waals surface area contributed by atoms with Crippen molar-refractivity contribution in [3.05, 3.63) is 75.9 Å². The van der Waals surface area contributed by atoms with Crippen molar-refractivity contribution >= 4 is 52.2 Å². The number of halogens is 4. The molecule has 0 unspecified atom stereocenters. The van der Waals surface area contributed by atoms with Crippen LogP contribution in [0.5, 0.6) is 0 Å². The van der Waals surface area contributed by atoms with Crippen LogP contribution < -0.4 is 10.2 Å². The van der Waals surface area contributed by atoms with E-state index in [2.05, 4.69) is 15.5 Å². The van der Waals surface area contributed by atoms with E-state index in [0.717, 1.165) is 17.0 Å². The van der Waals surface area contributed by atoms with E-state index in [1.165, 1.54) is 19.2 Å². The van der Waals surface area contributed by atoms with Gasteiger partial charge >= 0.3 is 0 Å². The fourth-order valence-electron chi connectivity index (χ4n) is 2.74. The van der Waals surface area contributed by atoms with Crippen molar-refractivity contribution in [2.24, 2.45) is 0 Å². The lowest BCUT2D eigenvalue weighted by Gasteiger charge is -2.20. The number of nitrogens with one attached hydrogen (secondary N) is 1. The standard InChI is InChI=1S/C20H14Cl2F2N4O2/c1-11(29)28(15-6-12(23)5-13(24)7-15)19-8-14(10-25-27-19)26-20(30)9-16-17(21)3-2-4-18(16)22/h2-8,10H,9H2,1H3,(H,26,27,30). The average Bonchev–Trinajstić information content (AvgIpc) is 2.64. The molecule has 0 aliphatic rings. The Kier molecular flexibility index (Phi) is 6.59. The number of carbonyl (C=O) groups is 2. The number of aromatic nitrogens is 2. The minimum Gasteiger partial charge on any atom is -0.324 e. The lowest BCUT2D eigenvalue weighted by molar-refractivity contribution is -0.116. The van der Waals surface area contributed by atoms with Crippen LogP contribution in [0.3, 0.4) is 0 Å². The Balaban J connectivity index is 1.85. The molecule has 0 radical (unpaired) electrons. The first-order valence-electron chi connectivity index (χ1n) is 8.57. The SMILES string of the molecule is CC(=O)N(c1cc(F)cc(F)c1)c1cc(NC(=O)Cc2c(Cl)cccc2Cl)cnn1. The van der Waals surface area contributed by atoms with Crippen LogP contribution in [0.15, 0.2) is 48.7 Å². The molecular weight excluding hydrogens is 437 g/mol. The van der Waals surface area contributed by atoms with Gasteiger partial charge < -0.3 is 5.32 Å². The van der Waals surface area contributed by atoms with Gasteiger partial charge in [-0.3, -0.25) is 14.5 Å². The molecule has 0 fully saturated rings. The van der Waals surface area contributed by atoms with E-state index in [1.807, 2.05) is 0 Å². The highest BCUT2D eigenvalue weighted by Crippen LogP contribution is 2.28. The van der Waals surface area contributed by atoms with Crippen molar-refractivity contribution < 1.29 is 18.4 Å². The van der Waals surface area contributed by atoms with Crippen LogP contribution in [0, 0.1) is 11.6 Å². The monoisotopic (exact) mass is 450 g/mol. The van der Waals surface area contributed by atoms with Crippen molar-refractivity contribution in [1.29, 1.82) is 0 Å². The van der Waals surface area contributed by atoms with E-state index >= 15 is 0 Å². The molecule has 3 rings (SSSR count). The predicted molar refractivity (Wildman–Crippen MR) is 110 cm³/mol. The fourth-order valence-corrected chi connectivity index (χ4v) is 3.27. The maximum absolute atomic E-state index is 13.6. The van der Waals surface area contributed by atoms with Crippen LogP contribution >= 0.6 is 23.2 Å². The van der Waals surface area contributed by atoms with E-state index in [1.54, 1.807) is 18.2 Å². The number of hydrogen-bond acceptors (Lipinski definition) is 4. The molecule has 0 bridgehead atoms. The first kappa shape index (κ1) is 21.6. The maximum Gasteiger partial charge on any atom is 0.229 e. The molecule has 0 aliphatic carbocycles. The lowest BCUT2D eigenvalue weighted by Crippen LogP contribution is -2.25. The van der Waals surface area contributed by atoms with Gasteiger partial charge in [0, 0.05) is 29.1 Å². The molecule has 154 valence electrons. The maximum atomic E-state index is 13.6. The fraction of sp³-hybridized carbons (Fsp3) is 0.100. The Labute approximate surface area is 180 Å². The quantitative estimate of drug-likeness (QED) is 0.597. The van der Waals surface area contributed by atoms with Gasteiger partial charge in [0.25, 0.3) is 0 Å². The number of nitrogens with zero attached hydrogens (tertiary/aromatic N) is 3. The summed E-state index contributed by atoms with van der Waals surface area (Å²) in [6.07, 6.45) is 1.17. The summed E-state index contributed by atoms with van der Waals surface area (Å²) in [6, 6.07) is 8.90. The summed E-state index contributed by atoms with van der Waals surface area (Å²) in [6.45, 7) is 1.20. The molecule has 30 heavy (non-hydrogen) atoms. The molecule has 2 aromatic carbocycles. The number of anilines is 3. The Morgan fingerprint density at radius 3 is 2.30 bits per heavy atom. The molecule has 0 spiro atoms. The van der Waals surface area contributed by atoms with Crippen LogP contribution in [0.4, 0.5) is 26.0 Å². The normalized spacial score (nSPS) is 10.6. The highest BCUT2D eigenvalue weighted by Gasteiger charge is 2.19. The summed E-state index contributed by atoms with van der Waals surface area (Å²) < 4.78 is 27.2. The second-order valence-corrected chi connectivity index (χ2v) is 7.02. The highest BCUT2D eigenvalue weighted by molar-refractivity contribution is 6.36. The van der Waals surface area contributed by atoms with Crippen LogP contribution in [0.25, 0.3) is 0 Å². The largest absolute Gasteiger partial charge is 0.324 e. The second kappa shape index (κ2) is 9.15. The second-order valence-electron chi connectivity index (χ2n) is 6.21. The van der Waals surface area contributed by atoms with Gasteiger partial charge in [-0.15, -0.1) is 5.10 Å². The minimum atomic E-state index is -0.856. The van der Waals surface area contributed by atoms with E-state index in [-0.39, 0.29) is 23.6 Å². The van der Waals surface area contributed by atoms with Crippen LogP contribution in [0.1, 0.15) is 12.5 Å². The first-order chi connectivity index (χ1) is 14.2. The molecule has 1 aromatic heterocycles. The van der Waals surface area contributed by atoms with Gasteiger partial charge in [-0.1, -0.05) is 29.3 Å². The smallest absolute Gasteiger partial charge is 0.229 e. The predicted octanol–water partition coefficient (Wildman–Crippen LogP) is 4.93. The number of benzene rings is 2. The Hall–Kier alpha value is -3.10. The lowest BCUT2D eigenvalue weighted by atomic mass is 10.1. The Bertz CT molecular complexity index is 1090. The van der Waals surface area contributed by atoms with E-state index < -0.39 is 23.4 Å². The van der Waals surface area contributed by atoms with E-state index in [0.29, 0.717) is 21.7 Å². The van der Waals surface area contributed by atoms with Crippen LogP contribution in [0.2, 0.25) is 10.0 Å². The third-order valence-electron chi connectivity index (χ3n) is 3.97. The topological polar surface area (TPSA) is 75.2 Å². The third-order valence-corrected chi connectivity index (χ3v) is 4.68. The van der Waals surface area contributed by atoms with Gasteiger partial charge in [0.1, 0.15) is 11.6 Å². The molecule has 0 saturated carbocycles. The summed E-state index contributed by atoms with van der Waals surface area (Å²) in [5.41, 5.74) is 0.609. The molecule has 3 aromatic rings. The van der Waals surface area contributed by atoms with E-state index in [4.69, 9.17) is 23.2 Å². The van der Waals surface area contributed by atoms with Gasteiger partial charge in [0.15, 0.2) is 5.82 Å². The summed E-state index contributed by atoms with van der Waals surface area (Å²) in [7, 11) is 0. The average molecular weight is 451 g/mol. The third kappa shape index (κ3) is 5.08. The van der Waals surface area contributed by atoms with Crippen molar-refractivity contribution in [2.75, 3.05) is 10.2 Å². The Morgan fingerprint density at radius 1 is 1.07 bits per heavy atom. The summed E-state index contributed by atoms with van der Waals surface area (Å²) >= 11 is 12.2. The van der Waals surface area contributed by atoms with Crippen molar-refractivity contribution in [1.82, 2.24) is 10.2 Å². The van der Waals surface area contributed by atoms with Gasteiger partial charge in [-0.05, 0) is 29.8 Å². The summed E-state index contributed by atoms with van der Waals surface area (Å²) in [5, 5.41) is 10.9. The van der Waals surface area contributed by atoms with E-state index in [9.17, 15) is 18.4 Å². The van der Waals surface area contributed by atoms with Crippen molar-refractivity contribution in [2.45, 2.75) is 13.3 Å². The van der Waals surface area contributed by atoms with Crippen molar-refractivity contribution in [3.8, 4) is 0 Å². The molecule has 0 saturated heterocycles. The van der Waals surface area contributed by atoms with Crippen LogP contribution in [-0.4, -0.2) is 22.0 Å². The van der Waals surface area contributed by atoms with Gasteiger partial charge in [-0.2, -0.15) is 5.10 Å². The molecule has 0 aliphatic heterocycles. The highest BCUT2D eigenvalue weighted by atomic mass is 35.5. The minimum absolute atomic E-state index is 0.0268.